The highest BCUT2D eigenvalue weighted by Crippen LogP contribution is 2.42. The molecular weight excluding hydrogens is 262 g/mol. The number of fused-ring (bicyclic) bond motifs is 1. The monoisotopic (exact) mass is 287 g/mol. The van der Waals surface area contributed by atoms with Crippen LogP contribution in [0.25, 0.3) is 5.65 Å². The molecule has 2 unspecified atom stereocenters. The summed E-state index contributed by atoms with van der Waals surface area (Å²) in [5.41, 5.74) is 3.57. The average molecular weight is 287 g/mol. The first kappa shape index (κ1) is 14.5. The van der Waals surface area contributed by atoms with Gasteiger partial charge in [0.05, 0.1) is 17.5 Å². The number of aryl methyl sites for hydroxylation is 1. The van der Waals surface area contributed by atoms with E-state index < -0.39 is 0 Å². The number of hydrogen-bond donors (Lipinski definition) is 1. The van der Waals surface area contributed by atoms with Crippen LogP contribution in [0.3, 0.4) is 0 Å². The molecule has 0 aromatic carbocycles. The second-order valence-corrected chi connectivity index (χ2v) is 6.51. The summed E-state index contributed by atoms with van der Waals surface area (Å²) in [5, 5.41) is 3.69. The molecule has 21 heavy (non-hydrogen) atoms. The van der Waals surface area contributed by atoms with Crippen molar-refractivity contribution >= 4 is 5.65 Å². The Balaban J connectivity index is 1.69. The fourth-order valence-electron chi connectivity index (χ4n) is 3.31. The van der Waals surface area contributed by atoms with Gasteiger partial charge in [0.15, 0.2) is 0 Å². The molecule has 4 heteroatoms. The molecule has 0 saturated heterocycles. The van der Waals surface area contributed by atoms with Crippen LogP contribution in [-0.2, 0) is 11.3 Å². The zero-order valence-corrected chi connectivity index (χ0v) is 13.4. The van der Waals surface area contributed by atoms with E-state index in [4.69, 9.17) is 4.74 Å². The summed E-state index contributed by atoms with van der Waals surface area (Å²) >= 11 is 0. The predicted molar refractivity (Wildman–Crippen MR) is 84.4 cm³/mol. The molecule has 114 valence electrons. The Bertz CT molecular complexity index is 632. The SMILES string of the molecule is CCOC1CC(NCc2c(C)nc3ccccn23)C1(C)C. The van der Waals surface area contributed by atoms with E-state index in [1.807, 2.05) is 6.07 Å². The lowest BCUT2D eigenvalue weighted by molar-refractivity contribution is -0.114. The van der Waals surface area contributed by atoms with Crippen molar-refractivity contribution in [1.29, 1.82) is 0 Å². The number of imidazole rings is 1. The van der Waals surface area contributed by atoms with Gasteiger partial charge in [-0.25, -0.2) is 4.98 Å². The Hall–Kier alpha value is -1.39. The van der Waals surface area contributed by atoms with E-state index in [-0.39, 0.29) is 5.41 Å². The lowest BCUT2D eigenvalue weighted by Gasteiger charge is -2.52. The van der Waals surface area contributed by atoms with Crippen molar-refractivity contribution in [3.63, 3.8) is 0 Å². The van der Waals surface area contributed by atoms with Crippen LogP contribution >= 0.6 is 0 Å². The van der Waals surface area contributed by atoms with E-state index in [1.54, 1.807) is 0 Å². The number of ether oxygens (including phenoxy) is 1. The molecular formula is C17H25N3O. The molecule has 1 fully saturated rings. The minimum atomic E-state index is 0.199. The van der Waals surface area contributed by atoms with E-state index >= 15 is 0 Å². The molecule has 0 bridgehead atoms. The Labute approximate surface area is 126 Å². The minimum Gasteiger partial charge on any atom is -0.378 e. The van der Waals surface area contributed by atoms with E-state index in [1.165, 1.54) is 5.69 Å². The van der Waals surface area contributed by atoms with E-state index in [0.717, 1.165) is 30.9 Å². The Kier molecular flexibility index (Phi) is 3.76. The average Bonchev–Trinajstić information content (AvgIpc) is 2.78. The second kappa shape index (κ2) is 5.43. The lowest BCUT2D eigenvalue weighted by Crippen LogP contribution is -2.60. The van der Waals surface area contributed by atoms with Gasteiger partial charge in [-0.15, -0.1) is 0 Å². The molecule has 2 atom stereocenters. The highest BCUT2D eigenvalue weighted by molar-refractivity contribution is 5.42. The zero-order chi connectivity index (χ0) is 15.0. The van der Waals surface area contributed by atoms with Gasteiger partial charge in [0, 0.05) is 30.8 Å². The molecule has 0 radical (unpaired) electrons. The fourth-order valence-corrected chi connectivity index (χ4v) is 3.31. The van der Waals surface area contributed by atoms with Gasteiger partial charge in [0.2, 0.25) is 0 Å². The number of nitrogens with one attached hydrogen (secondary N) is 1. The molecule has 1 aliphatic rings. The standard InChI is InChI=1S/C17H25N3O/c1-5-21-15-10-14(17(15,3)4)18-11-13-12(2)19-16-8-6-7-9-20(13)16/h6-9,14-15,18H,5,10-11H2,1-4H3. The maximum absolute atomic E-state index is 5.80. The first-order chi connectivity index (χ1) is 10.0. The highest BCUT2D eigenvalue weighted by Gasteiger charge is 2.48. The fraction of sp³-hybridized carbons (Fsp3) is 0.588. The number of hydrogen-bond acceptors (Lipinski definition) is 3. The summed E-state index contributed by atoms with van der Waals surface area (Å²) < 4.78 is 7.97. The van der Waals surface area contributed by atoms with Crippen molar-refractivity contribution in [2.24, 2.45) is 5.41 Å². The quantitative estimate of drug-likeness (QED) is 0.919. The van der Waals surface area contributed by atoms with Crippen molar-refractivity contribution in [1.82, 2.24) is 14.7 Å². The molecule has 0 spiro atoms. The second-order valence-electron chi connectivity index (χ2n) is 6.51. The zero-order valence-electron chi connectivity index (χ0n) is 13.4. The number of nitrogens with zero attached hydrogens (tertiary/aromatic N) is 2. The van der Waals surface area contributed by atoms with Crippen LogP contribution in [0.4, 0.5) is 0 Å². The lowest BCUT2D eigenvalue weighted by atomic mass is 9.64. The highest BCUT2D eigenvalue weighted by atomic mass is 16.5. The molecule has 1 saturated carbocycles. The number of aromatic nitrogens is 2. The molecule has 0 aliphatic heterocycles. The van der Waals surface area contributed by atoms with Crippen LogP contribution in [0.15, 0.2) is 24.4 Å². The van der Waals surface area contributed by atoms with Crippen molar-refractivity contribution in [3.8, 4) is 0 Å². The maximum atomic E-state index is 5.80. The summed E-state index contributed by atoms with van der Waals surface area (Å²) in [7, 11) is 0. The molecule has 4 nitrogen and oxygen atoms in total. The van der Waals surface area contributed by atoms with Gasteiger partial charge in [0.25, 0.3) is 0 Å². The minimum absolute atomic E-state index is 0.199. The van der Waals surface area contributed by atoms with Crippen molar-refractivity contribution in [2.75, 3.05) is 6.61 Å². The van der Waals surface area contributed by atoms with Crippen LogP contribution in [-0.4, -0.2) is 28.1 Å². The largest absolute Gasteiger partial charge is 0.378 e. The van der Waals surface area contributed by atoms with Gasteiger partial charge in [-0.3, -0.25) is 0 Å². The van der Waals surface area contributed by atoms with Crippen molar-refractivity contribution in [3.05, 3.63) is 35.8 Å². The molecule has 0 amide bonds. The van der Waals surface area contributed by atoms with Crippen LogP contribution in [0.1, 0.15) is 38.6 Å². The van der Waals surface area contributed by atoms with Gasteiger partial charge < -0.3 is 14.5 Å². The molecule has 2 aromatic heterocycles. The number of pyridine rings is 1. The Morgan fingerprint density at radius 2 is 2.24 bits per heavy atom. The first-order valence-electron chi connectivity index (χ1n) is 7.81. The van der Waals surface area contributed by atoms with Crippen molar-refractivity contribution < 1.29 is 4.74 Å². The van der Waals surface area contributed by atoms with Gasteiger partial charge >= 0.3 is 0 Å². The maximum Gasteiger partial charge on any atom is 0.137 e. The van der Waals surface area contributed by atoms with E-state index in [2.05, 4.69) is 60.7 Å². The van der Waals surface area contributed by atoms with E-state index in [9.17, 15) is 0 Å². The van der Waals surface area contributed by atoms with Gasteiger partial charge in [-0.2, -0.15) is 0 Å². The first-order valence-corrected chi connectivity index (χ1v) is 7.81. The Morgan fingerprint density at radius 1 is 1.43 bits per heavy atom. The van der Waals surface area contributed by atoms with Gasteiger partial charge in [-0.05, 0) is 32.4 Å². The van der Waals surface area contributed by atoms with Crippen LogP contribution in [0, 0.1) is 12.3 Å². The Morgan fingerprint density at radius 3 is 2.95 bits per heavy atom. The topological polar surface area (TPSA) is 38.6 Å². The normalized spacial score (nSPS) is 24.2. The number of rotatable bonds is 5. The molecule has 3 rings (SSSR count). The summed E-state index contributed by atoms with van der Waals surface area (Å²) in [6.45, 7) is 10.4. The predicted octanol–water partition coefficient (Wildman–Crippen LogP) is 2.94. The molecule has 1 aliphatic carbocycles. The molecule has 1 N–H and O–H groups in total. The van der Waals surface area contributed by atoms with Crippen LogP contribution in [0.5, 0.6) is 0 Å². The third-order valence-electron chi connectivity index (χ3n) is 4.89. The molecule has 2 aromatic rings. The third kappa shape index (κ3) is 2.47. The van der Waals surface area contributed by atoms with Gasteiger partial charge in [-0.1, -0.05) is 19.9 Å². The van der Waals surface area contributed by atoms with Crippen molar-refractivity contribution in [2.45, 2.75) is 52.8 Å². The van der Waals surface area contributed by atoms with Crippen LogP contribution < -0.4 is 5.32 Å². The molecule has 2 heterocycles. The summed E-state index contributed by atoms with van der Waals surface area (Å²) in [4.78, 5) is 4.61. The smallest absolute Gasteiger partial charge is 0.137 e. The third-order valence-corrected chi connectivity index (χ3v) is 4.89. The van der Waals surface area contributed by atoms with E-state index in [0.29, 0.717) is 12.1 Å². The van der Waals surface area contributed by atoms with Gasteiger partial charge in [0.1, 0.15) is 5.65 Å². The van der Waals surface area contributed by atoms with Crippen LogP contribution in [0.2, 0.25) is 0 Å². The summed E-state index contributed by atoms with van der Waals surface area (Å²) in [5.74, 6) is 0. The summed E-state index contributed by atoms with van der Waals surface area (Å²) in [6.07, 6.45) is 3.56. The summed E-state index contributed by atoms with van der Waals surface area (Å²) in [6, 6.07) is 6.63.